The highest BCUT2D eigenvalue weighted by Crippen LogP contribution is 2.22. The van der Waals surface area contributed by atoms with E-state index in [9.17, 15) is 26.4 Å². The number of alkyl halides is 3. The average molecular weight is 397 g/mol. The molecule has 11 heteroatoms. The van der Waals surface area contributed by atoms with Crippen LogP contribution in [0.1, 0.15) is 30.3 Å². The molecule has 26 heavy (non-hydrogen) atoms. The Bertz CT molecular complexity index is 740. The van der Waals surface area contributed by atoms with Crippen LogP contribution in [0.5, 0.6) is 0 Å². The van der Waals surface area contributed by atoms with Crippen molar-refractivity contribution in [2.45, 2.75) is 36.9 Å². The fourth-order valence-corrected chi connectivity index (χ4v) is 4.26. The van der Waals surface area contributed by atoms with Gasteiger partial charge in [0.1, 0.15) is 17.2 Å². The van der Waals surface area contributed by atoms with Gasteiger partial charge in [-0.3, -0.25) is 4.79 Å². The van der Waals surface area contributed by atoms with Crippen molar-refractivity contribution < 1.29 is 31.1 Å². The number of rotatable bonds is 7. The lowest BCUT2D eigenvalue weighted by atomic mass is 10.3. The first-order valence-corrected chi connectivity index (χ1v) is 9.56. The molecule has 1 saturated heterocycles. The molecule has 148 valence electrons. The normalized spacial score (nSPS) is 17.4. The van der Waals surface area contributed by atoms with Gasteiger partial charge in [0.25, 0.3) is 5.91 Å². The predicted octanol–water partition coefficient (Wildman–Crippen LogP) is 1.51. The second-order valence-electron chi connectivity index (χ2n) is 6.29. The zero-order valence-electron chi connectivity index (χ0n) is 14.5. The maximum atomic E-state index is 12.5. The molecular weight excluding hydrogens is 375 g/mol. The molecule has 1 N–H and O–H groups in total. The van der Waals surface area contributed by atoms with Crippen LogP contribution in [-0.4, -0.2) is 61.7 Å². The van der Waals surface area contributed by atoms with Crippen LogP contribution in [0.15, 0.2) is 17.2 Å². The van der Waals surface area contributed by atoms with Crippen molar-refractivity contribution in [1.82, 2.24) is 14.2 Å². The molecule has 0 aliphatic carbocycles. The number of halogens is 3. The van der Waals surface area contributed by atoms with E-state index < -0.39 is 34.8 Å². The number of aryl methyl sites for hydroxylation is 1. The SMILES string of the molecule is CC(COCC(F)(F)F)NC(=O)c1cc(S(=O)(=O)N2CCCC2)cn1C. The van der Waals surface area contributed by atoms with Crippen LogP contribution in [0.3, 0.4) is 0 Å². The minimum absolute atomic E-state index is 0.0213. The molecule has 1 unspecified atom stereocenters. The van der Waals surface area contributed by atoms with E-state index in [1.54, 1.807) is 0 Å². The van der Waals surface area contributed by atoms with E-state index >= 15 is 0 Å². The van der Waals surface area contributed by atoms with Gasteiger partial charge in [-0.25, -0.2) is 8.42 Å². The van der Waals surface area contributed by atoms with Crippen LogP contribution in [0.2, 0.25) is 0 Å². The van der Waals surface area contributed by atoms with Crippen LogP contribution in [0.25, 0.3) is 0 Å². The van der Waals surface area contributed by atoms with Gasteiger partial charge in [0.2, 0.25) is 10.0 Å². The molecule has 1 atom stereocenters. The van der Waals surface area contributed by atoms with Crippen molar-refractivity contribution >= 4 is 15.9 Å². The first kappa shape index (κ1) is 20.7. The smallest absolute Gasteiger partial charge is 0.370 e. The van der Waals surface area contributed by atoms with Gasteiger partial charge in [0.15, 0.2) is 0 Å². The van der Waals surface area contributed by atoms with Crippen LogP contribution < -0.4 is 5.32 Å². The summed E-state index contributed by atoms with van der Waals surface area (Å²) in [7, 11) is -2.12. The minimum atomic E-state index is -4.43. The molecular formula is C15H22F3N3O4S. The zero-order chi connectivity index (χ0) is 19.5. The summed E-state index contributed by atoms with van der Waals surface area (Å²) in [5, 5.41) is 2.50. The molecule has 1 amide bonds. The second-order valence-corrected chi connectivity index (χ2v) is 8.23. The topological polar surface area (TPSA) is 80.6 Å². The summed E-state index contributed by atoms with van der Waals surface area (Å²) in [6.07, 6.45) is -1.47. The fraction of sp³-hybridized carbons (Fsp3) is 0.667. The summed E-state index contributed by atoms with van der Waals surface area (Å²) >= 11 is 0. The van der Waals surface area contributed by atoms with Gasteiger partial charge >= 0.3 is 6.18 Å². The number of sulfonamides is 1. The first-order chi connectivity index (χ1) is 12.0. The molecule has 0 saturated carbocycles. The largest absolute Gasteiger partial charge is 0.411 e. The zero-order valence-corrected chi connectivity index (χ0v) is 15.4. The van der Waals surface area contributed by atoms with E-state index in [1.807, 2.05) is 0 Å². The number of aromatic nitrogens is 1. The molecule has 7 nitrogen and oxygen atoms in total. The maximum absolute atomic E-state index is 12.5. The number of nitrogens with zero attached hydrogens (tertiary/aromatic N) is 2. The van der Waals surface area contributed by atoms with Crippen molar-refractivity contribution in [3.8, 4) is 0 Å². The molecule has 1 aromatic rings. The standard InChI is InChI=1S/C15H22F3N3O4S/c1-11(9-25-10-15(16,17)18)19-14(22)13-7-12(8-20(13)2)26(23,24)21-5-3-4-6-21/h7-8,11H,3-6,9-10H2,1-2H3,(H,19,22). The van der Waals surface area contributed by atoms with E-state index in [0.717, 1.165) is 12.8 Å². The van der Waals surface area contributed by atoms with E-state index in [-0.39, 0.29) is 17.2 Å². The number of carbonyl (C=O) groups is 1. The van der Waals surface area contributed by atoms with E-state index in [1.165, 1.54) is 35.1 Å². The van der Waals surface area contributed by atoms with Crippen molar-refractivity contribution in [3.05, 3.63) is 18.0 Å². The summed E-state index contributed by atoms with van der Waals surface area (Å²) < 4.78 is 68.5. The van der Waals surface area contributed by atoms with E-state index in [2.05, 4.69) is 10.1 Å². The van der Waals surface area contributed by atoms with Crippen LogP contribution >= 0.6 is 0 Å². The Morgan fingerprint density at radius 3 is 2.54 bits per heavy atom. The van der Waals surface area contributed by atoms with E-state index in [0.29, 0.717) is 13.1 Å². The molecule has 1 aliphatic heterocycles. The number of carbonyl (C=O) groups excluding carboxylic acids is 1. The van der Waals surface area contributed by atoms with Gasteiger partial charge in [-0.05, 0) is 25.8 Å². The van der Waals surface area contributed by atoms with Gasteiger partial charge in [-0.15, -0.1) is 0 Å². The summed E-state index contributed by atoms with van der Waals surface area (Å²) in [5.41, 5.74) is 0.102. The lowest BCUT2D eigenvalue weighted by Gasteiger charge is -2.15. The summed E-state index contributed by atoms with van der Waals surface area (Å²) in [6, 6.07) is 0.602. The van der Waals surface area contributed by atoms with Gasteiger partial charge in [0.05, 0.1) is 6.61 Å². The number of amides is 1. The molecule has 0 bridgehead atoms. The van der Waals surface area contributed by atoms with Crippen LogP contribution in [-0.2, 0) is 21.8 Å². The Hall–Kier alpha value is -1.59. The molecule has 1 fully saturated rings. The summed E-state index contributed by atoms with van der Waals surface area (Å²) in [4.78, 5) is 12.3. The van der Waals surface area contributed by atoms with Crippen molar-refractivity contribution in [2.75, 3.05) is 26.3 Å². The van der Waals surface area contributed by atoms with Crippen molar-refractivity contribution in [2.24, 2.45) is 7.05 Å². The molecule has 2 heterocycles. The Morgan fingerprint density at radius 1 is 1.35 bits per heavy atom. The lowest BCUT2D eigenvalue weighted by Crippen LogP contribution is -2.37. The molecule has 2 rings (SSSR count). The van der Waals surface area contributed by atoms with E-state index in [4.69, 9.17) is 0 Å². The summed E-state index contributed by atoms with van der Waals surface area (Å²) in [6.45, 7) is 0.696. The lowest BCUT2D eigenvalue weighted by molar-refractivity contribution is -0.174. The number of nitrogens with one attached hydrogen (secondary N) is 1. The highest BCUT2D eigenvalue weighted by molar-refractivity contribution is 7.89. The van der Waals surface area contributed by atoms with Gasteiger partial charge < -0.3 is 14.6 Å². The second kappa shape index (κ2) is 7.97. The first-order valence-electron chi connectivity index (χ1n) is 8.12. The third-order valence-corrected chi connectivity index (χ3v) is 5.79. The highest BCUT2D eigenvalue weighted by Gasteiger charge is 2.30. The highest BCUT2D eigenvalue weighted by atomic mass is 32.2. The number of ether oxygens (including phenoxy) is 1. The quantitative estimate of drug-likeness (QED) is 0.756. The average Bonchev–Trinajstić information content (AvgIpc) is 3.15. The Kier molecular flexibility index (Phi) is 6.35. The molecule has 0 radical (unpaired) electrons. The molecule has 0 aromatic carbocycles. The minimum Gasteiger partial charge on any atom is -0.370 e. The third-order valence-electron chi connectivity index (χ3n) is 3.93. The number of hydrogen-bond acceptors (Lipinski definition) is 4. The monoisotopic (exact) mass is 397 g/mol. The van der Waals surface area contributed by atoms with Crippen LogP contribution in [0.4, 0.5) is 13.2 Å². The Morgan fingerprint density at radius 2 is 1.96 bits per heavy atom. The molecule has 0 spiro atoms. The van der Waals surface area contributed by atoms with Gasteiger partial charge in [0, 0.05) is 32.4 Å². The van der Waals surface area contributed by atoms with Crippen molar-refractivity contribution in [3.63, 3.8) is 0 Å². The Labute approximate surface area is 150 Å². The van der Waals surface area contributed by atoms with Crippen LogP contribution in [0, 0.1) is 0 Å². The van der Waals surface area contributed by atoms with Crippen molar-refractivity contribution in [1.29, 1.82) is 0 Å². The fourth-order valence-electron chi connectivity index (χ4n) is 2.67. The maximum Gasteiger partial charge on any atom is 0.411 e. The Balaban J connectivity index is 2.00. The van der Waals surface area contributed by atoms with Gasteiger partial charge in [-0.2, -0.15) is 17.5 Å². The predicted molar refractivity (Wildman–Crippen MR) is 87.2 cm³/mol. The molecule has 1 aliphatic rings. The third kappa shape index (κ3) is 5.21. The molecule has 1 aromatic heterocycles. The van der Waals surface area contributed by atoms with Gasteiger partial charge in [-0.1, -0.05) is 0 Å². The summed E-state index contributed by atoms with van der Waals surface area (Å²) in [5.74, 6) is -0.585. The number of hydrogen-bond donors (Lipinski definition) is 1.